The summed E-state index contributed by atoms with van der Waals surface area (Å²) < 4.78 is 0. The third-order valence-electron chi connectivity index (χ3n) is 5.55. The molecule has 0 saturated carbocycles. The second-order valence-electron chi connectivity index (χ2n) is 7.02. The van der Waals surface area contributed by atoms with Gasteiger partial charge in [0.2, 0.25) is 0 Å². The van der Waals surface area contributed by atoms with Crippen molar-refractivity contribution in [2.75, 3.05) is 20.1 Å². The molecule has 2 N–H and O–H groups in total. The van der Waals surface area contributed by atoms with Gasteiger partial charge in [-0.15, -0.1) is 0 Å². The number of hydrogen-bond donors (Lipinski definition) is 1. The normalized spacial score (nSPS) is 29.2. The molecule has 1 aromatic heterocycles. The summed E-state index contributed by atoms with van der Waals surface area (Å²) in [5.41, 5.74) is 11.9. The molecule has 2 aliphatic rings. The quantitative estimate of drug-likeness (QED) is 0.805. The van der Waals surface area contributed by atoms with E-state index in [1.807, 2.05) is 0 Å². The highest BCUT2D eigenvalue weighted by atomic mass is 15.1. The van der Waals surface area contributed by atoms with E-state index in [1.54, 1.807) is 0 Å². The maximum Gasteiger partial charge on any atom is 0.0708 e. The van der Waals surface area contributed by atoms with Crippen LogP contribution in [0.5, 0.6) is 0 Å². The molecule has 1 saturated heterocycles. The van der Waals surface area contributed by atoms with Gasteiger partial charge < -0.3 is 10.6 Å². The van der Waals surface area contributed by atoms with E-state index >= 15 is 0 Å². The van der Waals surface area contributed by atoms with Gasteiger partial charge in [-0.2, -0.15) is 0 Å². The molecule has 4 rings (SSSR count). The van der Waals surface area contributed by atoms with Crippen molar-refractivity contribution in [3.8, 4) is 0 Å². The lowest BCUT2D eigenvalue weighted by Crippen LogP contribution is -2.62. The number of fused-ring (bicyclic) bond motifs is 3. The number of benzene rings is 1. The number of rotatable bonds is 0. The third kappa shape index (κ3) is 1.99. The number of nitrogens with zero attached hydrogens (tertiary/aromatic N) is 2. The Kier molecular flexibility index (Phi) is 2.85. The number of aryl methyl sites for hydroxylation is 1. The Morgan fingerprint density at radius 1 is 1.33 bits per heavy atom. The first-order chi connectivity index (χ1) is 10.1. The molecule has 0 spiro atoms. The summed E-state index contributed by atoms with van der Waals surface area (Å²) in [7, 11) is 2.19. The Morgan fingerprint density at radius 2 is 2.14 bits per heavy atom. The third-order valence-corrected chi connectivity index (χ3v) is 5.55. The van der Waals surface area contributed by atoms with E-state index in [9.17, 15) is 0 Å². The lowest BCUT2D eigenvalue weighted by atomic mass is 9.68. The largest absolute Gasteiger partial charge is 0.323 e. The predicted octanol–water partition coefficient (Wildman–Crippen LogP) is 2.29. The van der Waals surface area contributed by atoms with Crippen LogP contribution < -0.4 is 5.73 Å². The van der Waals surface area contributed by atoms with Crippen molar-refractivity contribution in [2.45, 2.75) is 31.7 Å². The number of hydrogen-bond acceptors (Lipinski definition) is 3. The maximum absolute atomic E-state index is 6.81. The van der Waals surface area contributed by atoms with Crippen molar-refractivity contribution in [1.29, 1.82) is 0 Å². The van der Waals surface area contributed by atoms with Gasteiger partial charge in [0.1, 0.15) is 0 Å². The predicted molar refractivity (Wildman–Crippen MR) is 86.4 cm³/mol. The average molecular weight is 281 g/mol. The zero-order valence-corrected chi connectivity index (χ0v) is 12.9. The van der Waals surface area contributed by atoms with Gasteiger partial charge >= 0.3 is 0 Å². The highest BCUT2D eigenvalue weighted by Gasteiger charge is 2.43. The summed E-state index contributed by atoms with van der Waals surface area (Å²) >= 11 is 0. The first-order valence-electron chi connectivity index (χ1n) is 7.91. The van der Waals surface area contributed by atoms with E-state index in [2.05, 4.69) is 43.1 Å². The van der Waals surface area contributed by atoms with E-state index in [4.69, 9.17) is 10.7 Å². The van der Waals surface area contributed by atoms with Gasteiger partial charge in [-0.25, -0.2) is 0 Å². The SMILES string of the molecule is Cc1c2c(nc3ccccc13)CC1CCN(C)CC1(N)C2. The monoisotopic (exact) mass is 281 g/mol. The van der Waals surface area contributed by atoms with Gasteiger partial charge in [-0.1, -0.05) is 18.2 Å². The summed E-state index contributed by atoms with van der Waals surface area (Å²) in [6, 6.07) is 8.48. The molecule has 1 aliphatic heterocycles. The van der Waals surface area contributed by atoms with Gasteiger partial charge in [-0.05, 0) is 62.9 Å². The van der Waals surface area contributed by atoms with Gasteiger partial charge in [0, 0.05) is 23.2 Å². The minimum absolute atomic E-state index is 0.0745. The van der Waals surface area contributed by atoms with Crippen LogP contribution in [0.15, 0.2) is 24.3 Å². The summed E-state index contributed by atoms with van der Waals surface area (Å²) in [5.74, 6) is 0.578. The molecule has 1 aliphatic carbocycles. The lowest BCUT2D eigenvalue weighted by molar-refractivity contribution is 0.102. The van der Waals surface area contributed by atoms with Crippen molar-refractivity contribution >= 4 is 10.9 Å². The van der Waals surface area contributed by atoms with Gasteiger partial charge in [0.15, 0.2) is 0 Å². The second kappa shape index (κ2) is 4.52. The van der Waals surface area contributed by atoms with Crippen LogP contribution in [0.3, 0.4) is 0 Å². The Bertz CT molecular complexity index is 709. The minimum Gasteiger partial charge on any atom is -0.323 e. The smallest absolute Gasteiger partial charge is 0.0708 e. The Hall–Kier alpha value is -1.45. The van der Waals surface area contributed by atoms with Crippen LogP contribution in [-0.2, 0) is 12.8 Å². The first-order valence-corrected chi connectivity index (χ1v) is 7.91. The fourth-order valence-electron chi connectivity index (χ4n) is 4.33. The van der Waals surface area contributed by atoms with E-state index < -0.39 is 0 Å². The summed E-state index contributed by atoms with van der Waals surface area (Å²) in [6.45, 7) is 4.40. The molecule has 0 bridgehead atoms. The summed E-state index contributed by atoms with van der Waals surface area (Å²) in [6.07, 6.45) is 3.21. The highest BCUT2D eigenvalue weighted by Crippen LogP contribution is 2.39. The Morgan fingerprint density at radius 3 is 3.00 bits per heavy atom. The second-order valence-corrected chi connectivity index (χ2v) is 7.02. The van der Waals surface area contributed by atoms with Crippen LogP contribution >= 0.6 is 0 Å². The molecule has 110 valence electrons. The van der Waals surface area contributed by atoms with Gasteiger partial charge in [-0.3, -0.25) is 4.98 Å². The zero-order chi connectivity index (χ0) is 14.6. The molecule has 2 aromatic rings. The highest BCUT2D eigenvalue weighted by molar-refractivity contribution is 5.83. The fraction of sp³-hybridized carbons (Fsp3) is 0.500. The number of pyridine rings is 1. The molecular weight excluding hydrogens is 258 g/mol. The zero-order valence-electron chi connectivity index (χ0n) is 12.9. The lowest BCUT2D eigenvalue weighted by Gasteiger charge is -2.48. The topological polar surface area (TPSA) is 42.2 Å². The van der Waals surface area contributed by atoms with E-state index in [0.717, 1.165) is 31.4 Å². The molecule has 1 aromatic carbocycles. The van der Waals surface area contributed by atoms with Crippen LogP contribution in [0, 0.1) is 12.8 Å². The molecule has 2 unspecified atom stereocenters. The summed E-state index contributed by atoms with van der Waals surface area (Å²) in [4.78, 5) is 7.33. The molecule has 1 fully saturated rings. The molecule has 3 heteroatoms. The number of para-hydroxylation sites is 1. The van der Waals surface area contributed by atoms with Crippen molar-refractivity contribution < 1.29 is 0 Å². The number of nitrogens with two attached hydrogens (primary N) is 1. The molecule has 2 atom stereocenters. The molecule has 21 heavy (non-hydrogen) atoms. The molecule has 0 amide bonds. The van der Waals surface area contributed by atoms with Crippen LogP contribution in [0.1, 0.15) is 23.2 Å². The Labute approximate surface area is 126 Å². The Balaban J connectivity index is 1.86. The van der Waals surface area contributed by atoms with Crippen LogP contribution in [0.2, 0.25) is 0 Å². The van der Waals surface area contributed by atoms with Crippen LogP contribution in [-0.4, -0.2) is 35.6 Å². The molecule has 2 heterocycles. The van der Waals surface area contributed by atoms with Crippen molar-refractivity contribution in [2.24, 2.45) is 11.7 Å². The summed E-state index contributed by atoms with van der Waals surface area (Å²) in [5, 5.41) is 1.28. The molecule has 0 radical (unpaired) electrons. The van der Waals surface area contributed by atoms with E-state index in [0.29, 0.717) is 5.92 Å². The van der Waals surface area contributed by atoms with Gasteiger partial charge in [0.25, 0.3) is 0 Å². The number of likely N-dealkylation sites (N-methyl/N-ethyl adjacent to an activating group) is 1. The first kappa shape index (κ1) is 13.2. The number of aromatic nitrogens is 1. The van der Waals surface area contributed by atoms with E-state index in [1.165, 1.54) is 28.6 Å². The van der Waals surface area contributed by atoms with Crippen molar-refractivity contribution in [1.82, 2.24) is 9.88 Å². The standard InChI is InChI=1S/C18H23N3/c1-12-14-5-3-4-6-16(14)20-17-9-13-7-8-21(2)11-18(13,19)10-15(12)17/h3-6,13H,7-11,19H2,1-2H3. The average Bonchev–Trinajstić information content (AvgIpc) is 2.46. The molecule has 3 nitrogen and oxygen atoms in total. The van der Waals surface area contributed by atoms with Crippen molar-refractivity contribution in [3.05, 3.63) is 41.1 Å². The van der Waals surface area contributed by atoms with Crippen molar-refractivity contribution in [3.63, 3.8) is 0 Å². The van der Waals surface area contributed by atoms with Crippen LogP contribution in [0.4, 0.5) is 0 Å². The minimum atomic E-state index is -0.0745. The fourth-order valence-corrected chi connectivity index (χ4v) is 4.33. The molecular formula is C18H23N3. The van der Waals surface area contributed by atoms with E-state index in [-0.39, 0.29) is 5.54 Å². The van der Waals surface area contributed by atoms with Crippen LogP contribution in [0.25, 0.3) is 10.9 Å². The number of likely N-dealkylation sites (tertiary alicyclic amines) is 1. The van der Waals surface area contributed by atoms with Gasteiger partial charge in [0.05, 0.1) is 5.52 Å². The number of piperidine rings is 1. The maximum atomic E-state index is 6.81.